The molecule has 6 nitrogen and oxygen atoms in total. The number of hydrogen-bond acceptors (Lipinski definition) is 5. The van der Waals surface area contributed by atoms with Crippen molar-refractivity contribution in [3.05, 3.63) is 29.6 Å². The Morgan fingerprint density at radius 2 is 2.00 bits per heavy atom. The van der Waals surface area contributed by atoms with Crippen molar-refractivity contribution in [3.63, 3.8) is 0 Å². The molecule has 2 N–H and O–H groups in total. The first-order chi connectivity index (χ1) is 10.3. The summed E-state index contributed by atoms with van der Waals surface area (Å²) < 4.78 is 12.5. The van der Waals surface area contributed by atoms with Crippen LogP contribution in [0.1, 0.15) is 36.6 Å². The molecule has 0 saturated heterocycles. The SMILES string of the molecule is COc1ccc(-n2nnc(CN)c2C2CCC2)cc1OC. The number of methoxy groups -OCH3 is 2. The standard InChI is InChI=1S/C15H20N4O2/c1-20-13-7-6-11(8-14(13)21-2)19-15(10-4-3-5-10)12(9-16)17-18-19/h6-8,10H,3-5,9,16H2,1-2H3. The number of ether oxygens (including phenoxy) is 2. The van der Waals surface area contributed by atoms with Gasteiger partial charge in [-0.2, -0.15) is 0 Å². The molecule has 0 bridgehead atoms. The van der Waals surface area contributed by atoms with Gasteiger partial charge in [0.25, 0.3) is 0 Å². The van der Waals surface area contributed by atoms with Crippen molar-refractivity contribution in [3.8, 4) is 17.2 Å². The van der Waals surface area contributed by atoms with Crippen LogP contribution < -0.4 is 15.2 Å². The van der Waals surface area contributed by atoms with E-state index in [1.165, 1.54) is 19.3 Å². The summed E-state index contributed by atoms with van der Waals surface area (Å²) in [5.74, 6) is 1.89. The molecule has 1 fully saturated rings. The molecule has 1 aromatic heterocycles. The van der Waals surface area contributed by atoms with E-state index in [1.807, 2.05) is 22.9 Å². The van der Waals surface area contributed by atoms with Crippen LogP contribution in [-0.2, 0) is 6.54 Å². The maximum atomic E-state index is 5.80. The summed E-state index contributed by atoms with van der Waals surface area (Å²) in [6.07, 6.45) is 3.60. The van der Waals surface area contributed by atoms with Crippen LogP contribution in [0.15, 0.2) is 18.2 Å². The quantitative estimate of drug-likeness (QED) is 0.911. The molecule has 1 heterocycles. The number of hydrogen-bond donors (Lipinski definition) is 1. The smallest absolute Gasteiger partial charge is 0.162 e. The normalized spacial score (nSPS) is 14.8. The molecular formula is C15H20N4O2. The Morgan fingerprint density at radius 1 is 1.24 bits per heavy atom. The highest BCUT2D eigenvalue weighted by Crippen LogP contribution is 2.39. The average Bonchev–Trinajstić information content (AvgIpc) is 2.88. The number of nitrogens with zero attached hydrogens (tertiary/aromatic N) is 3. The van der Waals surface area contributed by atoms with Gasteiger partial charge in [0.1, 0.15) is 5.69 Å². The highest BCUT2D eigenvalue weighted by molar-refractivity contribution is 5.49. The molecule has 3 rings (SSSR count). The predicted octanol–water partition coefficient (Wildman–Crippen LogP) is 2.01. The topological polar surface area (TPSA) is 75.2 Å². The van der Waals surface area contributed by atoms with Gasteiger partial charge in [0.15, 0.2) is 11.5 Å². The average molecular weight is 288 g/mol. The summed E-state index contributed by atoms with van der Waals surface area (Å²) in [5, 5.41) is 8.51. The molecule has 0 amide bonds. The molecule has 1 saturated carbocycles. The van der Waals surface area contributed by atoms with Gasteiger partial charge in [-0.1, -0.05) is 11.6 Å². The van der Waals surface area contributed by atoms with Crippen LogP contribution in [0.2, 0.25) is 0 Å². The van der Waals surface area contributed by atoms with E-state index in [9.17, 15) is 0 Å². The van der Waals surface area contributed by atoms with Gasteiger partial charge in [-0.3, -0.25) is 0 Å². The summed E-state index contributed by atoms with van der Waals surface area (Å²) in [4.78, 5) is 0. The molecule has 0 atom stereocenters. The van der Waals surface area contributed by atoms with Crippen molar-refractivity contribution in [2.24, 2.45) is 5.73 Å². The largest absolute Gasteiger partial charge is 0.493 e. The number of aromatic nitrogens is 3. The molecule has 6 heteroatoms. The fraction of sp³-hybridized carbons (Fsp3) is 0.467. The van der Waals surface area contributed by atoms with Crippen LogP contribution in [-0.4, -0.2) is 29.2 Å². The molecule has 1 aliphatic carbocycles. The van der Waals surface area contributed by atoms with Crippen LogP contribution in [0.25, 0.3) is 5.69 Å². The minimum atomic E-state index is 0.416. The molecule has 112 valence electrons. The summed E-state index contributed by atoms with van der Waals surface area (Å²) >= 11 is 0. The molecule has 2 aromatic rings. The van der Waals surface area contributed by atoms with Gasteiger partial charge in [-0.05, 0) is 25.0 Å². The van der Waals surface area contributed by atoms with Gasteiger partial charge in [-0.15, -0.1) is 5.10 Å². The molecule has 0 unspecified atom stereocenters. The molecule has 21 heavy (non-hydrogen) atoms. The van der Waals surface area contributed by atoms with Crippen LogP contribution in [0, 0.1) is 0 Å². The lowest BCUT2D eigenvalue weighted by Gasteiger charge is -2.26. The first-order valence-electron chi connectivity index (χ1n) is 7.15. The Bertz CT molecular complexity index is 635. The lowest BCUT2D eigenvalue weighted by Crippen LogP contribution is -2.17. The Labute approximate surface area is 123 Å². The number of benzene rings is 1. The van der Waals surface area contributed by atoms with Gasteiger partial charge in [0, 0.05) is 18.5 Å². The zero-order chi connectivity index (χ0) is 14.8. The van der Waals surface area contributed by atoms with E-state index in [-0.39, 0.29) is 0 Å². The van der Waals surface area contributed by atoms with Crippen LogP contribution in [0.4, 0.5) is 0 Å². The Balaban J connectivity index is 2.05. The second-order valence-electron chi connectivity index (χ2n) is 5.20. The van der Waals surface area contributed by atoms with Crippen LogP contribution >= 0.6 is 0 Å². The zero-order valence-electron chi connectivity index (χ0n) is 12.4. The second-order valence-corrected chi connectivity index (χ2v) is 5.20. The zero-order valence-corrected chi connectivity index (χ0v) is 12.4. The number of nitrogens with two attached hydrogens (primary N) is 1. The van der Waals surface area contributed by atoms with Crippen molar-refractivity contribution in [2.75, 3.05) is 14.2 Å². The van der Waals surface area contributed by atoms with E-state index in [4.69, 9.17) is 15.2 Å². The Kier molecular flexibility index (Phi) is 3.79. The van der Waals surface area contributed by atoms with E-state index >= 15 is 0 Å². The molecular weight excluding hydrogens is 268 g/mol. The lowest BCUT2D eigenvalue weighted by molar-refractivity contribution is 0.354. The predicted molar refractivity (Wildman–Crippen MR) is 78.9 cm³/mol. The first-order valence-corrected chi connectivity index (χ1v) is 7.15. The minimum absolute atomic E-state index is 0.416. The fourth-order valence-electron chi connectivity index (χ4n) is 2.70. The second kappa shape index (κ2) is 5.73. The maximum absolute atomic E-state index is 5.80. The molecule has 1 aromatic carbocycles. The van der Waals surface area contributed by atoms with E-state index in [1.54, 1.807) is 14.2 Å². The Morgan fingerprint density at radius 3 is 2.57 bits per heavy atom. The highest BCUT2D eigenvalue weighted by Gasteiger charge is 2.28. The molecule has 0 radical (unpaired) electrons. The third-order valence-corrected chi connectivity index (χ3v) is 4.08. The van der Waals surface area contributed by atoms with Crippen LogP contribution in [0.3, 0.4) is 0 Å². The maximum Gasteiger partial charge on any atom is 0.162 e. The van der Waals surface area contributed by atoms with Crippen molar-refractivity contribution < 1.29 is 9.47 Å². The number of rotatable bonds is 5. The van der Waals surface area contributed by atoms with Crippen molar-refractivity contribution >= 4 is 0 Å². The van der Waals surface area contributed by atoms with E-state index < -0.39 is 0 Å². The highest BCUT2D eigenvalue weighted by atomic mass is 16.5. The third-order valence-electron chi connectivity index (χ3n) is 4.08. The van der Waals surface area contributed by atoms with Crippen molar-refractivity contribution in [2.45, 2.75) is 31.7 Å². The van der Waals surface area contributed by atoms with Crippen molar-refractivity contribution in [1.82, 2.24) is 15.0 Å². The third kappa shape index (κ3) is 2.35. The minimum Gasteiger partial charge on any atom is -0.493 e. The fourth-order valence-corrected chi connectivity index (χ4v) is 2.70. The summed E-state index contributed by atoms with van der Waals surface area (Å²) in [5.41, 5.74) is 8.74. The Hall–Kier alpha value is -2.08. The summed E-state index contributed by atoms with van der Waals surface area (Å²) in [6.45, 7) is 0.416. The molecule has 0 aliphatic heterocycles. The van der Waals surface area contributed by atoms with Gasteiger partial charge >= 0.3 is 0 Å². The van der Waals surface area contributed by atoms with Gasteiger partial charge in [0.2, 0.25) is 0 Å². The lowest BCUT2D eigenvalue weighted by atomic mass is 9.82. The summed E-state index contributed by atoms with van der Waals surface area (Å²) in [6, 6.07) is 5.75. The van der Waals surface area contributed by atoms with E-state index in [0.717, 1.165) is 17.1 Å². The van der Waals surface area contributed by atoms with E-state index in [2.05, 4.69) is 10.3 Å². The van der Waals surface area contributed by atoms with E-state index in [0.29, 0.717) is 24.0 Å². The van der Waals surface area contributed by atoms with Crippen molar-refractivity contribution in [1.29, 1.82) is 0 Å². The molecule has 1 aliphatic rings. The first kappa shape index (κ1) is 13.9. The summed E-state index contributed by atoms with van der Waals surface area (Å²) in [7, 11) is 3.25. The monoisotopic (exact) mass is 288 g/mol. The molecule has 0 spiro atoms. The van der Waals surface area contributed by atoms with Crippen LogP contribution in [0.5, 0.6) is 11.5 Å². The van der Waals surface area contributed by atoms with Gasteiger partial charge in [0.05, 0.1) is 25.6 Å². The van der Waals surface area contributed by atoms with Gasteiger partial charge < -0.3 is 15.2 Å². The van der Waals surface area contributed by atoms with Gasteiger partial charge in [-0.25, -0.2) is 4.68 Å².